The van der Waals surface area contributed by atoms with Gasteiger partial charge in [0, 0.05) is 22.1 Å². The average molecular weight is 386 g/mol. The Bertz CT molecular complexity index is 1480. The Hall–Kier alpha value is -3.52. The lowest BCUT2D eigenvalue weighted by Gasteiger charge is -2.23. The van der Waals surface area contributed by atoms with E-state index in [1.165, 1.54) is 38.2 Å². The van der Waals surface area contributed by atoms with Crippen molar-refractivity contribution in [3.8, 4) is 22.5 Å². The molecule has 144 valence electrons. The molecule has 6 rings (SSSR count). The summed E-state index contributed by atoms with van der Waals surface area (Å²) in [5.41, 5.74) is 6.95. The first kappa shape index (κ1) is 17.3. The maximum absolute atomic E-state index is 4.98. The van der Waals surface area contributed by atoms with Crippen LogP contribution in [0.1, 0.15) is 30.8 Å². The van der Waals surface area contributed by atoms with Crippen LogP contribution in [0.4, 0.5) is 0 Å². The predicted molar refractivity (Wildman–Crippen MR) is 125 cm³/mol. The number of hydrogen-bond donors (Lipinski definition) is 0. The van der Waals surface area contributed by atoms with Gasteiger partial charge < -0.3 is 0 Å². The van der Waals surface area contributed by atoms with Gasteiger partial charge in [0.25, 0.3) is 0 Å². The Morgan fingerprint density at radius 3 is 2.17 bits per heavy atom. The molecule has 1 aliphatic rings. The third-order valence-corrected chi connectivity index (χ3v) is 6.51. The Morgan fingerprint density at radius 2 is 1.33 bits per heavy atom. The van der Waals surface area contributed by atoms with Crippen molar-refractivity contribution in [1.29, 1.82) is 0 Å². The van der Waals surface area contributed by atoms with Gasteiger partial charge in [-0.2, -0.15) is 0 Å². The molecule has 4 aromatic carbocycles. The van der Waals surface area contributed by atoms with Crippen molar-refractivity contribution in [1.82, 2.24) is 9.97 Å². The van der Waals surface area contributed by atoms with E-state index in [-0.39, 0.29) is 5.41 Å². The summed E-state index contributed by atoms with van der Waals surface area (Å²) in [5, 5.41) is 5.00. The van der Waals surface area contributed by atoms with E-state index in [4.69, 9.17) is 9.97 Å². The molecule has 0 aliphatic heterocycles. The summed E-state index contributed by atoms with van der Waals surface area (Å²) in [5.74, 6) is 0.813. The van der Waals surface area contributed by atoms with Crippen LogP contribution in [0.5, 0.6) is 0 Å². The normalized spacial score (nSPS) is 14.1. The first-order valence-corrected chi connectivity index (χ1v) is 10.4. The van der Waals surface area contributed by atoms with Gasteiger partial charge in [-0.1, -0.05) is 86.6 Å². The minimum Gasteiger partial charge on any atom is -0.233 e. The molecular formula is C28H22N2. The van der Waals surface area contributed by atoms with Gasteiger partial charge in [0.2, 0.25) is 0 Å². The summed E-state index contributed by atoms with van der Waals surface area (Å²) >= 11 is 0. The fraction of sp³-hybridized carbons (Fsp3) is 0.143. The molecule has 0 saturated heterocycles. The second-order valence-corrected chi connectivity index (χ2v) is 8.74. The molecule has 0 fully saturated rings. The van der Waals surface area contributed by atoms with E-state index in [1.54, 1.807) is 0 Å². The van der Waals surface area contributed by atoms with Crippen LogP contribution in [0, 0.1) is 6.92 Å². The Labute approximate surface area is 176 Å². The highest BCUT2D eigenvalue weighted by atomic mass is 14.9. The summed E-state index contributed by atoms with van der Waals surface area (Å²) in [4.78, 5) is 9.95. The minimum atomic E-state index is -0.163. The molecular weight excluding hydrogens is 364 g/mol. The van der Waals surface area contributed by atoms with E-state index < -0.39 is 0 Å². The zero-order valence-corrected chi connectivity index (χ0v) is 17.4. The lowest BCUT2D eigenvalue weighted by molar-refractivity contribution is 0.657. The second-order valence-electron chi connectivity index (χ2n) is 8.74. The molecule has 0 atom stereocenters. The van der Waals surface area contributed by atoms with E-state index in [2.05, 4.69) is 92.7 Å². The maximum atomic E-state index is 4.98. The van der Waals surface area contributed by atoms with Crippen molar-refractivity contribution in [3.05, 3.63) is 95.8 Å². The zero-order chi connectivity index (χ0) is 20.5. The smallest absolute Gasteiger partial charge is 0.126 e. The van der Waals surface area contributed by atoms with Gasteiger partial charge in [0.05, 0.1) is 11.4 Å². The van der Waals surface area contributed by atoms with Crippen molar-refractivity contribution < 1.29 is 0 Å². The standard InChI is InChI=1S/C28H22N2/c1-17-29-26(21-13-12-18-8-4-5-10-20(18)16-21)25-27(30-17)24-22-11-7-6-9-19(22)14-15-23(24)28(25,2)3/h4-16H,1-3H3. The number of nitrogens with zero attached hydrogens (tertiary/aromatic N) is 2. The molecule has 2 heteroatoms. The first-order chi connectivity index (χ1) is 14.5. The summed E-state index contributed by atoms with van der Waals surface area (Å²) in [7, 11) is 0. The molecule has 1 aromatic heterocycles. The third kappa shape index (κ3) is 2.31. The SMILES string of the molecule is Cc1nc(-c2ccc3ccccc3c2)c2c(n1)-c1c(ccc3ccccc13)C2(C)C. The summed E-state index contributed by atoms with van der Waals surface area (Å²) in [6.45, 7) is 6.60. The van der Waals surface area contributed by atoms with E-state index in [0.29, 0.717) is 0 Å². The topological polar surface area (TPSA) is 25.8 Å². The lowest BCUT2D eigenvalue weighted by atomic mass is 9.80. The Kier molecular flexibility index (Phi) is 3.47. The van der Waals surface area contributed by atoms with Crippen molar-refractivity contribution in [3.63, 3.8) is 0 Å². The number of aromatic nitrogens is 2. The number of fused-ring (bicyclic) bond motifs is 6. The molecule has 0 amide bonds. The van der Waals surface area contributed by atoms with E-state index >= 15 is 0 Å². The highest BCUT2D eigenvalue weighted by Gasteiger charge is 2.40. The zero-order valence-electron chi connectivity index (χ0n) is 17.4. The summed E-state index contributed by atoms with van der Waals surface area (Å²) in [6, 6.07) is 28.3. The van der Waals surface area contributed by atoms with Gasteiger partial charge in [0.1, 0.15) is 5.82 Å². The molecule has 0 N–H and O–H groups in total. The number of rotatable bonds is 1. The monoisotopic (exact) mass is 386 g/mol. The number of hydrogen-bond acceptors (Lipinski definition) is 2. The van der Waals surface area contributed by atoms with E-state index in [0.717, 1.165) is 22.8 Å². The molecule has 0 bridgehead atoms. The highest BCUT2D eigenvalue weighted by molar-refractivity contribution is 6.02. The van der Waals surface area contributed by atoms with Crippen LogP contribution in [0.25, 0.3) is 44.1 Å². The lowest BCUT2D eigenvalue weighted by Crippen LogP contribution is -2.17. The van der Waals surface area contributed by atoms with E-state index in [1.807, 2.05) is 6.92 Å². The quantitative estimate of drug-likeness (QED) is 0.308. The molecule has 30 heavy (non-hydrogen) atoms. The van der Waals surface area contributed by atoms with Crippen molar-refractivity contribution in [2.24, 2.45) is 0 Å². The van der Waals surface area contributed by atoms with Gasteiger partial charge in [-0.25, -0.2) is 9.97 Å². The van der Waals surface area contributed by atoms with Gasteiger partial charge in [-0.05, 0) is 40.1 Å². The van der Waals surface area contributed by atoms with Crippen LogP contribution in [0.3, 0.4) is 0 Å². The van der Waals surface area contributed by atoms with Gasteiger partial charge in [-0.3, -0.25) is 0 Å². The first-order valence-electron chi connectivity index (χ1n) is 10.4. The van der Waals surface area contributed by atoms with Crippen LogP contribution in [0.15, 0.2) is 78.9 Å². The second kappa shape index (κ2) is 5.99. The van der Waals surface area contributed by atoms with Crippen LogP contribution in [-0.2, 0) is 5.41 Å². The molecule has 0 radical (unpaired) electrons. The average Bonchev–Trinajstić information content (AvgIpc) is 3.00. The van der Waals surface area contributed by atoms with Crippen LogP contribution < -0.4 is 0 Å². The van der Waals surface area contributed by atoms with Crippen LogP contribution >= 0.6 is 0 Å². The molecule has 0 spiro atoms. The van der Waals surface area contributed by atoms with Crippen molar-refractivity contribution in [2.45, 2.75) is 26.2 Å². The van der Waals surface area contributed by atoms with Gasteiger partial charge in [0.15, 0.2) is 0 Å². The molecule has 1 aliphatic carbocycles. The molecule has 5 aromatic rings. The third-order valence-electron chi connectivity index (χ3n) is 6.51. The molecule has 2 nitrogen and oxygen atoms in total. The Balaban J connectivity index is 1.71. The maximum Gasteiger partial charge on any atom is 0.126 e. The highest BCUT2D eigenvalue weighted by Crippen LogP contribution is 2.53. The summed E-state index contributed by atoms with van der Waals surface area (Å²) < 4.78 is 0. The number of aryl methyl sites for hydroxylation is 1. The van der Waals surface area contributed by atoms with Gasteiger partial charge in [-0.15, -0.1) is 0 Å². The predicted octanol–water partition coefficient (Wildman–Crippen LogP) is 7.06. The number of benzene rings is 4. The molecule has 0 unspecified atom stereocenters. The Morgan fingerprint density at radius 1 is 0.667 bits per heavy atom. The largest absolute Gasteiger partial charge is 0.233 e. The fourth-order valence-electron chi connectivity index (χ4n) is 5.07. The summed E-state index contributed by atoms with van der Waals surface area (Å²) in [6.07, 6.45) is 0. The van der Waals surface area contributed by atoms with Crippen LogP contribution in [0.2, 0.25) is 0 Å². The fourth-order valence-corrected chi connectivity index (χ4v) is 5.07. The van der Waals surface area contributed by atoms with Crippen LogP contribution in [-0.4, -0.2) is 9.97 Å². The van der Waals surface area contributed by atoms with Crippen molar-refractivity contribution >= 4 is 21.5 Å². The van der Waals surface area contributed by atoms with Gasteiger partial charge >= 0.3 is 0 Å². The minimum absolute atomic E-state index is 0.163. The van der Waals surface area contributed by atoms with Crippen molar-refractivity contribution in [2.75, 3.05) is 0 Å². The molecule has 0 saturated carbocycles. The molecule has 1 heterocycles. The van der Waals surface area contributed by atoms with E-state index in [9.17, 15) is 0 Å².